The van der Waals surface area contributed by atoms with Gasteiger partial charge in [-0.1, -0.05) is 120 Å². The molecule has 0 amide bonds. The molecule has 9 aromatic rings. The van der Waals surface area contributed by atoms with Gasteiger partial charge in [0.05, 0.1) is 16.7 Å². The van der Waals surface area contributed by atoms with Gasteiger partial charge in [-0.05, 0) is 75.3 Å². The first-order valence-electron chi connectivity index (χ1n) is 22.2. The molecule has 6 aromatic carbocycles. The molecule has 63 heavy (non-hydrogen) atoms. The van der Waals surface area contributed by atoms with Crippen LogP contribution in [0, 0.1) is 0 Å². The maximum atomic E-state index is 6.14. The van der Waals surface area contributed by atoms with Crippen LogP contribution in [-0.2, 0) is 36.4 Å². The van der Waals surface area contributed by atoms with Crippen LogP contribution >= 0.6 is 0 Å². The number of hydrogen-bond donors (Lipinski definition) is 0. The predicted molar refractivity (Wildman–Crippen MR) is 247 cm³/mol. The fraction of sp³-hybridized carbons (Fsp3) is 0.211. The highest BCUT2D eigenvalue weighted by Crippen LogP contribution is 2.55. The maximum Gasteiger partial charge on any atom is 0.293 e. The van der Waals surface area contributed by atoms with Gasteiger partial charge in [0.25, 0.3) is 20.2 Å². The van der Waals surface area contributed by atoms with E-state index in [1.165, 1.54) is 99.6 Å². The van der Waals surface area contributed by atoms with Crippen LogP contribution in [0.4, 0.5) is 0 Å². The van der Waals surface area contributed by atoms with Crippen LogP contribution in [0.1, 0.15) is 74.9 Å². The maximum absolute atomic E-state index is 6.14. The second-order valence-corrected chi connectivity index (χ2v) is 19.5. The quantitative estimate of drug-likeness (QED) is 0.113. The molecular formula is C57H48N3O3+3. The molecule has 6 heteroatoms. The van der Waals surface area contributed by atoms with E-state index in [4.69, 9.17) is 14.2 Å². The van der Waals surface area contributed by atoms with E-state index in [0.29, 0.717) is 20.2 Å². The Bertz CT molecular complexity index is 3450. The van der Waals surface area contributed by atoms with Crippen molar-refractivity contribution in [3.05, 3.63) is 179 Å². The molecule has 0 radical (unpaired) electrons. The van der Waals surface area contributed by atoms with Crippen LogP contribution in [0.15, 0.2) is 146 Å². The van der Waals surface area contributed by atoms with E-state index in [1.54, 1.807) is 0 Å². The molecule has 6 aliphatic rings. The van der Waals surface area contributed by atoms with Crippen molar-refractivity contribution in [3.63, 3.8) is 0 Å². The van der Waals surface area contributed by atoms with Gasteiger partial charge in [0, 0.05) is 55.8 Å². The third kappa shape index (κ3) is 4.87. The molecule has 3 aliphatic heterocycles. The zero-order valence-electron chi connectivity index (χ0n) is 36.5. The van der Waals surface area contributed by atoms with E-state index in [0.717, 1.165) is 17.2 Å². The molecule has 3 aromatic heterocycles. The molecule has 0 fully saturated rings. The molecule has 6 heterocycles. The SMILES string of the molecule is CC1(C)c2cccc3c2-c2c1c1ccccc1c[n+]2CO3.CC1(C)c2cccc3c2-c2c1cc1cc4ccccc4cc1[n+]2CO3.CC1(C)c2cccc3c2-c2c1ccc[n+]2CO3. The largest absolute Gasteiger partial charge is 0.435 e. The van der Waals surface area contributed by atoms with Crippen molar-refractivity contribution in [3.8, 4) is 51.0 Å². The van der Waals surface area contributed by atoms with Crippen LogP contribution in [0.5, 0.6) is 17.2 Å². The standard InChI is InChI=1S/C23H18NO.C19H16NO.C15H14NO/c1-23(2)17-8-5-9-20-21(17)22-18(23)11-16-10-14-6-3-4-7-15(14)12-19(16)24(22)13-25-20;1-19(2)14-8-5-9-15-16(14)18-17(19)13-7-4-3-6-12(13)10-20(18)11-21-15;1-15(2)10-5-3-7-12-13(10)14-11(15)6-4-8-16(14)9-17-12/h3-12H,13H2,1-2H3;3-10H,11H2,1-2H3;3-8H,9H2,1-2H3/q3*+1. The fourth-order valence-corrected chi connectivity index (χ4v) is 11.8. The monoisotopic (exact) mass is 822 g/mol. The van der Waals surface area contributed by atoms with Crippen LogP contribution in [0.25, 0.3) is 66.2 Å². The summed E-state index contributed by atoms with van der Waals surface area (Å²) in [7, 11) is 0. The van der Waals surface area contributed by atoms with Gasteiger partial charge in [0.1, 0.15) is 17.2 Å². The van der Waals surface area contributed by atoms with Crippen LogP contribution < -0.4 is 27.9 Å². The Hall–Kier alpha value is -7.05. The number of ether oxygens (including phenoxy) is 3. The average Bonchev–Trinajstić information content (AvgIpc) is 3.80. The lowest BCUT2D eigenvalue weighted by atomic mass is 9.81. The van der Waals surface area contributed by atoms with Gasteiger partial charge in [-0.25, -0.2) is 0 Å². The normalized spacial score (nSPS) is 16.7. The van der Waals surface area contributed by atoms with Gasteiger partial charge < -0.3 is 14.2 Å². The first-order valence-corrected chi connectivity index (χ1v) is 22.2. The summed E-state index contributed by atoms with van der Waals surface area (Å²) in [5, 5.41) is 6.48. The van der Waals surface area contributed by atoms with Crippen molar-refractivity contribution in [2.45, 2.75) is 78.0 Å². The Morgan fingerprint density at radius 3 is 1.65 bits per heavy atom. The van der Waals surface area contributed by atoms with Gasteiger partial charge in [0.15, 0.2) is 12.4 Å². The summed E-state index contributed by atoms with van der Waals surface area (Å²) >= 11 is 0. The van der Waals surface area contributed by atoms with E-state index in [-0.39, 0.29) is 16.2 Å². The summed E-state index contributed by atoms with van der Waals surface area (Å²) in [6.07, 6.45) is 4.31. The minimum atomic E-state index is -0.00401. The van der Waals surface area contributed by atoms with E-state index < -0.39 is 0 Å². The van der Waals surface area contributed by atoms with Crippen molar-refractivity contribution in [2.24, 2.45) is 0 Å². The van der Waals surface area contributed by atoms with Crippen LogP contribution in [0.3, 0.4) is 0 Å². The van der Waals surface area contributed by atoms with Crippen molar-refractivity contribution < 1.29 is 27.9 Å². The molecule has 306 valence electrons. The number of fused-ring (bicyclic) bond motifs is 5. The zero-order chi connectivity index (χ0) is 42.6. The van der Waals surface area contributed by atoms with E-state index in [2.05, 4.69) is 201 Å². The van der Waals surface area contributed by atoms with Gasteiger partial charge in [0.2, 0.25) is 22.6 Å². The first kappa shape index (κ1) is 36.6. The van der Waals surface area contributed by atoms with E-state index >= 15 is 0 Å². The van der Waals surface area contributed by atoms with Crippen LogP contribution in [0.2, 0.25) is 0 Å². The molecule has 0 saturated heterocycles. The number of aromatic nitrogens is 3. The highest BCUT2D eigenvalue weighted by molar-refractivity contribution is 5.98. The third-order valence-corrected chi connectivity index (χ3v) is 15.0. The molecule has 3 aliphatic carbocycles. The van der Waals surface area contributed by atoms with Crippen molar-refractivity contribution in [2.75, 3.05) is 0 Å². The Morgan fingerprint density at radius 2 is 0.952 bits per heavy atom. The number of hydrogen-bond acceptors (Lipinski definition) is 3. The lowest BCUT2D eigenvalue weighted by molar-refractivity contribution is -0.717. The molecule has 0 N–H and O–H groups in total. The number of pyridine rings is 3. The average molecular weight is 823 g/mol. The fourth-order valence-electron chi connectivity index (χ4n) is 11.8. The summed E-state index contributed by atoms with van der Waals surface area (Å²) in [4.78, 5) is 0. The Balaban J connectivity index is 0.0000000975. The molecule has 15 rings (SSSR count). The summed E-state index contributed by atoms with van der Waals surface area (Å²) in [5.41, 5.74) is 17.6. The summed E-state index contributed by atoms with van der Waals surface area (Å²) in [5.74, 6) is 3.07. The van der Waals surface area contributed by atoms with Crippen molar-refractivity contribution in [1.29, 1.82) is 0 Å². The second kappa shape index (κ2) is 12.5. The van der Waals surface area contributed by atoms with Gasteiger partial charge >= 0.3 is 0 Å². The molecule has 0 atom stereocenters. The highest BCUT2D eigenvalue weighted by atomic mass is 16.5. The van der Waals surface area contributed by atoms with Gasteiger partial charge in [-0.15, -0.1) is 0 Å². The summed E-state index contributed by atoms with van der Waals surface area (Å²) in [6, 6.07) is 47.9. The lowest BCUT2D eigenvalue weighted by Gasteiger charge is -2.21. The minimum Gasteiger partial charge on any atom is -0.435 e. The topological polar surface area (TPSA) is 39.3 Å². The Labute approximate surface area is 367 Å². The Morgan fingerprint density at radius 1 is 0.413 bits per heavy atom. The highest BCUT2D eigenvalue weighted by Gasteiger charge is 2.48. The molecule has 0 bridgehead atoms. The summed E-state index contributed by atoms with van der Waals surface area (Å²) < 4.78 is 24.8. The van der Waals surface area contributed by atoms with Crippen molar-refractivity contribution >= 4 is 32.4 Å². The zero-order valence-corrected chi connectivity index (χ0v) is 36.5. The third-order valence-electron chi connectivity index (χ3n) is 15.0. The molecule has 6 nitrogen and oxygen atoms in total. The Kier molecular flexibility index (Phi) is 7.28. The first-order chi connectivity index (χ1) is 30.5. The number of benzene rings is 6. The molecule has 0 spiro atoms. The molecule has 0 unspecified atom stereocenters. The summed E-state index contributed by atoms with van der Waals surface area (Å²) in [6.45, 7) is 15.7. The minimum absolute atomic E-state index is 0.00401. The van der Waals surface area contributed by atoms with Gasteiger partial charge in [-0.2, -0.15) is 13.7 Å². The molecule has 0 saturated carbocycles. The van der Waals surface area contributed by atoms with E-state index in [9.17, 15) is 0 Å². The second-order valence-electron chi connectivity index (χ2n) is 19.5. The lowest BCUT2D eigenvalue weighted by Crippen LogP contribution is -2.42. The predicted octanol–water partition coefficient (Wildman–Crippen LogP) is 11.4. The van der Waals surface area contributed by atoms with E-state index in [1.807, 2.05) is 0 Å². The number of nitrogens with zero attached hydrogens (tertiary/aromatic N) is 3. The number of rotatable bonds is 0. The smallest absolute Gasteiger partial charge is 0.293 e. The van der Waals surface area contributed by atoms with Crippen molar-refractivity contribution in [1.82, 2.24) is 0 Å². The molecular weight excluding hydrogens is 775 g/mol. The van der Waals surface area contributed by atoms with Gasteiger partial charge in [-0.3, -0.25) is 0 Å². The van der Waals surface area contributed by atoms with Crippen LogP contribution in [-0.4, -0.2) is 0 Å².